The largest absolute Gasteiger partial charge is 0.370 e. The van der Waals surface area contributed by atoms with Gasteiger partial charge in [0, 0.05) is 0 Å². The Morgan fingerprint density at radius 3 is 2.42 bits per heavy atom. The van der Waals surface area contributed by atoms with Crippen molar-refractivity contribution in [1.82, 2.24) is 0 Å². The Morgan fingerprint density at radius 2 is 1.89 bits per heavy atom. The van der Waals surface area contributed by atoms with Gasteiger partial charge in [0.2, 0.25) is 0 Å². The molecular weight excluding hydrogens is 232 g/mol. The normalized spacial score (nSPS) is 13.9. The molecule has 19 heavy (non-hydrogen) atoms. The predicted molar refractivity (Wildman–Crippen MR) is 85.0 cm³/mol. The van der Waals surface area contributed by atoms with Crippen molar-refractivity contribution in [3.63, 3.8) is 0 Å². The first-order valence-electron chi connectivity index (χ1n) is 7.05. The van der Waals surface area contributed by atoms with Gasteiger partial charge in [-0.3, -0.25) is 0 Å². The van der Waals surface area contributed by atoms with Crippen LogP contribution in [-0.4, -0.2) is 12.7 Å². The zero-order valence-corrected chi connectivity index (χ0v) is 13.1. The first-order valence-corrected chi connectivity index (χ1v) is 7.05. The monoisotopic (exact) mass is 260 g/mol. The first kappa shape index (κ1) is 17.7. The van der Waals surface area contributed by atoms with E-state index in [1.807, 2.05) is 13.0 Å². The summed E-state index contributed by atoms with van der Waals surface area (Å²) in [5, 5.41) is 0. The highest BCUT2D eigenvalue weighted by molar-refractivity contribution is 5.23. The van der Waals surface area contributed by atoms with Crippen molar-refractivity contribution in [3.05, 3.63) is 34.9 Å². The van der Waals surface area contributed by atoms with Gasteiger partial charge in [-0.1, -0.05) is 36.1 Å². The van der Waals surface area contributed by atoms with Crippen LogP contribution in [0.25, 0.3) is 0 Å². The number of terminal acetylenes is 1. The fourth-order valence-electron chi connectivity index (χ4n) is 1.62. The van der Waals surface area contributed by atoms with E-state index in [-0.39, 0.29) is 6.10 Å². The number of rotatable bonds is 8. The highest BCUT2D eigenvalue weighted by Crippen LogP contribution is 2.08. The lowest BCUT2D eigenvalue weighted by Gasteiger charge is -2.11. The van der Waals surface area contributed by atoms with E-state index in [1.54, 1.807) is 0 Å². The van der Waals surface area contributed by atoms with Crippen molar-refractivity contribution >= 4 is 0 Å². The molecule has 0 aromatic heterocycles. The third-order valence-corrected chi connectivity index (χ3v) is 2.90. The lowest BCUT2D eigenvalue weighted by molar-refractivity contribution is 0.106. The van der Waals surface area contributed by atoms with Crippen LogP contribution in [0.4, 0.5) is 0 Å². The molecule has 0 rings (SSSR count). The minimum absolute atomic E-state index is 0.123. The molecule has 0 N–H and O–H groups in total. The van der Waals surface area contributed by atoms with Crippen molar-refractivity contribution < 1.29 is 4.74 Å². The van der Waals surface area contributed by atoms with Crippen LogP contribution in [0.3, 0.4) is 0 Å². The summed E-state index contributed by atoms with van der Waals surface area (Å²) < 4.78 is 5.80. The molecule has 0 aromatic carbocycles. The summed E-state index contributed by atoms with van der Waals surface area (Å²) in [6, 6.07) is 0. The molecule has 0 fully saturated rings. The second-order valence-electron chi connectivity index (χ2n) is 5.14. The summed E-state index contributed by atoms with van der Waals surface area (Å²) in [7, 11) is 0. The average molecular weight is 260 g/mol. The molecule has 0 aliphatic carbocycles. The Bertz CT molecular complexity index is 373. The Balaban J connectivity index is 4.11. The lowest BCUT2D eigenvalue weighted by atomic mass is 10.1. The molecule has 0 aliphatic rings. The Kier molecular flexibility index (Phi) is 9.94. The molecule has 0 saturated heterocycles. The Morgan fingerprint density at radius 1 is 1.21 bits per heavy atom. The zero-order chi connectivity index (χ0) is 14.7. The van der Waals surface area contributed by atoms with Gasteiger partial charge in [0.25, 0.3) is 0 Å². The highest BCUT2D eigenvalue weighted by atomic mass is 16.5. The highest BCUT2D eigenvalue weighted by Gasteiger charge is 2.01. The summed E-state index contributed by atoms with van der Waals surface area (Å²) in [6.07, 6.45) is 15.1. The maximum absolute atomic E-state index is 5.80. The van der Waals surface area contributed by atoms with Crippen molar-refractivity contribution in [1.29, 1.82) is 0 Å². The van der Waals surface area contributed by atoms with Crippen LogP contribution < -0.4 is 0 Å². The van der Waals surface area contributed by atoms with Gasteiger partial charge in [-0.15, -0.1) is 6.42 Å². The van der Waals surface area contributed by atoms with Gasteiger partial charge in [0.15, 0.2) is 0 Å². The van der Waals surface area contributed by atoms with Gasteiger partial charge >= 0.3 is 0 Å². The maximum Gasteiger partial charge on any atom is 0.0769 e. The number of ether oxygens (including phenoxy) is 1. The van der Waals surface area contributed by atoms with Crippen molar-refractivity contribution in [2.24, 2.45) is 0 Å². The minimum atomic E-state index is 0.123. The summed E-state index contributed by atoms with van der Waals surface area (Å²) in [5.41, 5.74) is 3.70. The van der Waals surface area contributed by atoms with E-state index < -0.39 is 0 Å². The Labute approximate surface area is 119 Å². The molecule has 0 amide bonds. The fourth-order valence-corrected chi connectivity index (χ4v) is 1.62. The molecule has 0 radical (unpaired) electrons. The van der Waals surface area contributed by atoms with Crippen molar-refractivity contribution in [2.75, 3.05) is 6.61 Å². The summed E-state index contributed by atoms with van der Waals surface area (Å²) in [6.45, 7) is 11.1. The molecule has 0 saturated carbocycles. The van der Waals surface area contributed by atoms with Crippen LogP contribution in [0.15, 0.2) is 34.9 Å². The lowest BCUT2D eigenvalue weighted by Crippen LogP contribution is -2.09. The second-order valence-corrected chi connectivity index (χ2v) is 5.14. The summed E-state index contributed by atoms with van der Waals surface area (Å²) >= 11 is 0. The first-order chi connectivity index (χ1) is 8.99. The SMILES string of the molecule is C#C/C(C)=C/C(CC)OC/C=C(\C)CCC=C(C)C. The van der Waals surface area contributed by atoms with Crippen LogP contribution in [0.5, 0.6) is 0 Å². The average Bonchev–Trinajstić information content (AvgIpc) is 2.36. The van der Waals surface area contributed by atoms with Crippen LogP contribution in [-0.2, 0) is 4.74 Å². The Hall–Kier alpha value is -1.26. The van der Waals surface area contributed by atoms with E-state index in [1.165, 1.54) is 11.1 Å². The summed E-state index contributed by atoms with van der Waals surface area (Å²) in [4.78, 5) is 0. The minimum Gasteiger partial charge on any atom is -0.370 e. The van der Waals surface area contributed by atoms with Crippen LogP contribution >= 0.6 is 0 Å². The molecule has 1 heteroatoms. The van der Waals surface area contributed by atoms with Gasteiger partial charge in [-0.05, 0) is 58.6 Å². The second kappa shape index (κ2) is 10.6. The number of hydrogen-bond acceptors (Lipinski definition) is 1. The van der Waals surface area contributed by atoms with Crippen molar-refractivity contribution in [3.8, 4) is 12.3 Å². The standard InChI is InChI=1S/C18H28O/c1-7-16(5)14-18(8-2)19-13-12-17(6)11-9-10-15(3)4/h1,10,12,14,18H,8-9,11,13H2,2-6H3/b16-14+,17-12+. The fraction of sp³-hybridized carbons (Fsp3) is 0.556. The van der Waals surface area contributed by atoms with Gasteiger partial charge in [-0.25, -0.2) is 0 Å². The molecule has 1 atom stereocenters. The predicted octanol–water partition coefficient (Wildman–Crippen LogP) is 5.05. The van der Waals surface area contributed by atoms with E-state index in [9.17, 15) is 0 Å². The zero-order valence-electron chi connectivity index (χ0n) is 13.1. The number of allylic oxidation sites excluding steroid dienone is 4. The number of hydrogen-bond donors (Lipinski definition) is 0. The molecule has 1 nitrogen and oxygen atoms in total. The maximum atomic E-state index is 5.80. The van der Waals surface area contributed by atoms with Crippen LogP contribution in [0, 0.1) is 12.3 Å². The summed E-state index contributed by atoms with van der Waals surface area (Å²) in [5.74, 6) is 2.63. The third-order valence-electron chi connectivity index (χ3n) is 2.90. The molecule has 0 heterocycles. The smallest absolute Gasteiger partial charge is 0.0769 e. The molecular formula is C18H28O. The topological polar surface area (TPSA) is 9.23 Å². The van der Waals surface area contributed by atoms with E-state index in [0.29, 0.717) is 6.61 Å². The van der Waals surface area contributed by atoms with E-state index in [2.05, 4.69) is 45.8 Å². The van der Waals surface area contributed by atoms with E-state index in [4.69, 9.17) is 11.2 Å². The van der Waals surface area contributed by atoms with Gasteiger partial charge in [0.05, 0.1) is 12.7 Å². The third kappa shape index (κ3) is 10.4. The molecule has 0 bridgehead atoms. The van der Waals surface area contributed by atoms with Crippen molar-refractivity contribution in [2.45, 2.75) is 60.0 Å². The van der Waals surface area contributed by atoms with Gasteiger partial charge < -0.3 is 4.74 Å². The molecule has 1 unspecified atom stereocenters. The van der Waals surface area contributed by atoms with E-state index in [0.717, 1.165) is 24.8 Å². The van der Waals surface area contributed by atoms with Gasteiger partial charge in [-0.2, -0.15) is 0 Å². The van der Waals surface area contributed by atoms with Crippen LogP contribution in [0.2, 0.25) is 0 Å². The molecule has 0 spiro atoms. The quantitative estimate of drug-likeness (QED) is 0.438. The molecule has 106 valence electrons. The van der Waals surface area contributed by atoms with Gasteiger partial charge in [0.1, 0.15) is 0 Å². The molecule has 0 aromatic rings. The van der Waals surface area contributed by atoms with E-state index >= 15 is 0 Å². The molecule has 0 aliphatic heterocycles. The van der Waals surface area contributed by atoms with Crippen LogP contribution in [0.1, 0.15) is 53.9 Å².